The maximum Gasteiger partial charge on any atom is 0.307 e. The Balaban J connectivity index is 2.67. The van der Waals surface area contributed by atoms with Crippen LogP contribution in [0.1, 0.15) is 12.0 Å². The highest BCUT2D eigenvalue weighted by Crippen LogP contribution is 2.14. The Hall–Kier alpha value is -1.84. The average Bonchev–Trinajstić information content (AvgIpc) is 2.17. The van der Waals surface area contributed by atoms with Crippen molar-refractivity contribution in [2.24, 2.45) is 5.92 Å². The number of hydrogen-bond acceptors (Lipinski definition) is 2. The lowest BCUT2D eigenvalue weighted by Gasteiger charge is -2.08. The first-order valence-electron chi connectivity index (χ1n) is 4.44. The van der Waals surface area contributed by atoms with Crippen LogP contribution in [0.25, 0.3) is 0 Å². The summed E-state index contributed by atoms with van der Waals surface area (Å²) in [5, 5.41) is 17.3. The standard InChI is InChI=1S/C11H11O4/c12-10(13)7-9(11(14)15)6-8-4-2-1-3-5-8/h1-6,9H,7H2,(H,12,13)(H,14,15). The fraction of sp³-hybridized carbons (Fsp3) is 0.182. The molecular weight excluding hydrogens is 196 g/mol. The number of rotatable bonds is 5. The highest BCUT2D eigenvalue weighted by atomic mass is 16.4. The van der Waals surface area contributed by atoms with E-state index in [0.717, 1.165) is 0 Å². The molecule has 0 heterocycles. The van der Waals surface area contributed by atoms with E-state index in [-0.39, 0.29) is 0 Å². The summed E-state index contributed by atoms with van der Waals surface area (Å²) in [6.45, 7) is 0. The van der Waals surface area contributed by atoms with Gasteiger partial charge in [0.15, 0.2) is 0 Å². The second-order valence-electron chi connectivity index (χ2n) is 3.12. The van der Waals surface area contributed by atoms with Gasteiger partial charge in [0, 0.05) is 6.42 Å². The van der Waals surface area contributed by atoms with Gasteiger partial charge >= 0.3 is 11.9 Å². The minimum atomic E-state index is -1.12. The van der Waals surface area contributed by atoms with E-state index in [2.05, 4.69) is 0 Å². The number of aliphatic carboxylic acids is 2. The first-order chi connectivity index (χ1) is 7.09. The van der Waals surface area contributed by atoms with Crippen molar-refractivity contribution in [2.45, 2.75) is 6.42 Å². The van der Waals surface area contributed by atoms with E-state index in [0.29, 0.717) is 5.56 Å². The summed E-state index contributed by atoms with van der Waals surface area (Å²) in [5.41, 5.74) is 0.714. The molecule has 15 heavy (non-hydrogen) atoms. The molecule has 0 aliphatic heterocycles. The van der Waals surface area contributed by atoms with Gasteiger partial charge in [0.2, 0.25) is 0 Å². The van der Waals surface area contributed by atoms with Crippen molar-refractivity contribution in [1.29, 1.82) is 0 Å². The van der Waals surface area contributed by atoms with Gasteiger partial charge in [-0.15, -0.1) is 0 Å². The van der Waals surface area contributed by atoms with Gasteiger partial charge in [-0.25, -0.2) is 0 Å². The van der Waals surface area contributed by atoms with Gasteiger partial charge in [0.25, 0.3) is 0 Å². The SMILES string of the molecule is O=C(O)CC([CH]c1ccccc1)C(=O)O. The molecular formula is C11H11O4. The van der Waals surface area contributed by atoms with E-state index in [1.165, 1.54) is 6.42 Å². The third-order valence-corrected chi connectivity index (χ3v) is 1.90. The molecule has 0 saturated carbocycles. The van der Waals surface area contributed by atoms with Crippen LogP contribution >= 0.6 is 0 Å². The van der Waals surface area contributed by atoms with Crippen LogP contribution in [0.4, 0.5) is 0 Å². The van der Waals surface area contributed by atoms with Crippen LogP contribution in [0, 0.1) is 12.3 Å². The Kier molecular flexibility index (Phi) is 3.85. The third kappa shape index (κ3) is 3.81. The second-order valence-corrected chi connectivity index (χ2v) is 3.12. The minimum absolute atomic E-state index is 0.399. The summed E-state index contributed by atoms with van der Waals surface area (Å²) in [6.07, 6.45) is 1.04. The summed E-state index contributed by atoms with van der Waals surface area (Å²) < 4.78 is 0. The molecule has 0 aliphatic rings. The normalized spacial score (nSPS) is 12.0. The van der Waals surface area contributed by atoms with Crippen molar-refractivity contribution < 1.29 is 19.8 Å². The Bertz CT molecular complexity index is 345. The lowest BCUT2D eigenvalue weighted by atomic mass is 9.96. The predicted molar refractivity (Wildman–Crippen MR) is 53.2 cm³/mol. The molecule has 1 atom stereocenters. The van der Waals surface area contributed by atoms with Gasteiger partial charge in [0.05, 0.1) is 12.3 Å². The summed E-state index contributed by atoms with van der Waals surface area (Å²) in [6, 6.07) is 8.82. The molecule has 2 N–H and O–H groups in total. The molecule has 4 nitrogen and oxygen atoms in total. The van der Waals surface area contributed by atoms with E-state index >= 15 is 0 Å². The van der Waals surface area contributed by atoms with Crippen LogP contribution < -0.4 is 0 Å². The van der Waals surface area contributed by atoms with Crippen molar-refractivity contribution in [3.63, 3.8) is 0 Å². The number of carboxylic acids is 2. The summed E-state index contributed by atoms with van der Waals surface area (Å²) in [7, 11) is 0. The largest absolute Gasteiger partial charge is 0.481 e. The van der Waals surface area contributed by atoms with E-state index in [9.17, 15) is 9.59 Å². The van der Waals surface area contributed by atoms with Gasteiger partial charge in [-0.05, 0) is 5.56 Å². The van der Waals surface area contributed by atoms with Crippen LogP contribution in [0.15, 0.2) is 30.3 Å². The predicted octanol–water partition coefficient (Wildman–Crippen LogP) is 1.41. The van der Waals surface area contributed by atoms with Crippen molar-refractivity contribution in [2.75, 3.05) is 0 Å². The van der Waals surface area contributed by atoms with Gasteiger partial charge in [-0.2, -0.15) is 0 Å². The zero-order chi connectivity index (χ0) is 11.3. The Morgan fingerprint density at radius 1 is 1.20 bits per heavy atom. The smallest absolute Gasteiger partial charge is 0.307 e. The van der Waals surface area contributed by atoms with Crippen LogP contribution in [0.2, 0.25) is 0 Å². The Morgan fingerprint density at radius 3 is 2.27 bits per heavy atom. The molecule has 0 amide bonds. The van der Waals surface area contributed by atoms with Crippen LogP contribution in [0.3, 0.4) is 0 Å². The topological polar surface area (TPSA) is 74.6 Å². The fourth-order valence-electron chi connectivity index (χ4n) is 1.20. The number of hydrogen-bond donors (Lipinski definition) is 2. The first kappa shape index (κ1) is 11.2. The molecule has 79 valence electrons. The number of carbonyl (C=O) groups is 2. The van der Waals surface area contributed by atoms with Crippen LogP contribution in [-0.4, -0.2) is 22.2 Å². The highest BCUT2D eigenvalue weighted by molar-refractivity contribution is 5.79. The van der Waals surface area contributed by atoms with E-state index < -0.39 is 24.3 Å². The van der Waals surface area contributed by atoms with Gasteiger partial charge in [-0.1, -0.05) is 30.3 Å². The highest BCUT2D eigenvalue weighted by Gasteiger charge is 2.21. The second kappa shape index (κ2) is 5.14. The first-order valence-corrected chi connectivity index (χ1v) is 4.44. The molecule has 0 bridgehead atoms. The molecule has 0 aliphatic carbocycles. The van der Waals surface area contributed by atoms with Gasteiger partial charge in [-0.3, -0.25) is 9.59 Å². The van der Waals surface area contributed by atoms with Crippen molar-refractivity contribution >= 4 is 11.9 Å². The number of benzene rings is 1. The maximum absolute atomic E-state index is 10.7. The van der Waals surface area contributed by atoms with E-state index in [1.54, 1.807) is 24.3 Å². The molecule has 1 aromatic rings. The quantitative estimate of drug-likeness (QED) is 0.765. The Labute approximate surface area is 87.2 Å². The van der Waals surface area contributed by atoms with Crippen molar-refractivity contribution in [3.8, 4) is 0 Å². The molecule has 0 aromatic heterocycles. The zero-order valence-electron chi connectivity index (χ0n) is 7.96. The molecule has 0 fully saturated rings. The van der Waals surface area contributed by atoms with Crippen molar-refractivity contribution in [3.05, 3.63) is 42.3 Å². The van der Waals surface area contributed by atoms with Crippen molar-refractivity contribution in [1.82, 2.24) is 0 Å². The molecule has 1 rings (SSSR count). The molecule has 4 heteroatoms. The summed E-state index contributed by atoms with van der Waals surface area (Å²) >= 11 is 0. The summed E-state index contributed by atoms with van der Waals surface area (Å²) in [5.74, 6) is -3.22. The fourth-order valence-corrected chi connectivity index (χ4v) is 1.20. The van der Waals surface area contributed by atoms with Crippen LogP contribution in [0.5, 0.6) is 0 Å². The van der Waals surface area contributed by atoms with E-state index in [4.69, 9.17) is 10.2 Å². The third-order valence-electron chi connectivity index (χ3n) is 1.90. The zero-order valence-corrected chi connectivity index (χ0v) is 7.96. The lowest BCUT2D eigenvalue weighted by Crippen LogP contribution is -2.18. The molecule has 1 aromatic carbocycles. The molecule has 0 spiro atoms. The monoisotopic (exact) mass is 207 g/mol. The average molecular weight is 207 g/mol. The van der Waals surface area contributed by atoms with Crippen LogP contribution in [-0.2, 0) is 9.59 Å². The minimum Gasteiger partial charge on any atom is -0.481 e. The van der Waals surface area contributed by atoms with Gasteiger partial charge in [0.1, 0.15) is 0 Å². The summed E-state index contributed by atoms with van der Waals surface area (Å²) in [4.78, 5) is 21.2. The van der Waals surface area contributed by atoms with Gasteiger partial charge < -0.3 is 10.2 Å². The van der Waals surface area contributed by atoms with E-state index in [1.807, 2.05) is 6.07 Å². The maximum atomic E-state index is 10.7. The molecule has 1 unspecified atom stereocenters. The number of carboxylic acid groups (broad SMARTS) is 2. The molecule has 1 radical (unpaired) electrons. The Morgan fingerprint density at radius 2 is 1.80 bits per heavy atom. The lowest BCUT2D eigenvalue weighted by molar-refractivity contribution is -0.146. The molecule has 0 saturated heterocycles.